The fourth-order valence-electron chi connectivity index (χ4n) is 1.27. The maximum Gasteiger partial charge on any atom is 0.393 e. The third-order valence-electron chi connectivity index (χ3n) is 1.97. The van der Waals surface area contributed by atoms with Crippen LogP contribution in [0.15, 0.2) is 12.1 Å². The number of primary amides is 1. The Morgan fingerprint density at radius 3 is 2.12 bits per heavy atom. The average Bonchev–Trinajstić information content (AvgIpc) is 2.07. The van der Waals surface area contributed by atoms with Crippen LogP contribution < -0.4 is 17.2 Å². The molecule has 0 unspecified atom stereocenters. The Morgan fingerprint density at radius 1 is 1.19 bits per heavy atom. The molecule has 0 saturated heterocycles. The lowest BCUT2D eigenvalue weighted by molar-refractivity contribution is -0.127. The molecule has 1 aromatic rings. The molecule has 0 aliphatic heterocycles. The van der Waals surface area contributed by atoms with E-state index >= 15 is 0 Å². The summed E-state index contributed by atoms with van der Waals surface area (Å²) < 4.78 is 36.6. The summed E-state index contributed by atoms with van der Waals surface area (Å²) in [6.07, 6.45) is -5.71. The number of benzene rings is 1. The van der Waals surface area contributed by atoms with Gasteiger partial charge in [0.25, 0.3) is 0 Å². The lowest BCUT2D eigenvalue weighted by atomic mass is 10.0. The Kier molecular flexibility index (Phi) is 2.97. The van der Waals surface area contributed by atoms with Crippen molar-refractivity contribution in [3.05, 3.63) is 23.3 Å². The highest BCUT2D eigenvalue weighted by Gasteiger charge is 2.30. The first-order valence-electron chi connectivity index (χ1n) is 4.25. The molecular weight excluding hydrogens is 223 g/mol. The Balaban J connectivity index is 3.25. The van der Waals surface area contributed by atoms with E-state index in [0.717, 1.165) is 12.1 Å². The number of alkyl halides is 3. The predicted molar refractivity (Wildman–Crippen MR) is 53.5 cm³/mol. The molecule has 0 bridgehead atoms. The van der Waals surface area contributed by atoms with Crippen molar-refractivity contribution in [1.82, 2.24) is 0 Å². The third kappa shape index (κ3) is 2.78. The van der Waals surface area contributed by atoms with Crippen LogP contribution >= 0.6 is 0 Å². The number of anilines is 2. The van der Waals surface area contributed by atoms with Gasteiger partial charge in [-0.3, -0.25) is 4.79 Å². The minimum Gasteiger partial charge on any atom is -0.397 e. The Hall–Kier alpha value is -1.92. The van der Waals surface area contributed by atoms with Gasteiger partial charge in [-0.1, -0.05) is 0 Å². The zero-order valence-corrected chi connectivity index (χ0v) is 8.14. The van der Waals surface area contributed by atoms with Gasteiger partial charge in [-0.25, -0.2) is 0 Å². The topological polar surface area (TPSA) is 95.1 Å². The van der Waals surface area contributed by atoms with Crippen LogP contribution in [0.25, 0.3) is 0 Å². The van der Waals surface area contributed by atoms with Crippen molar-refractivity contribution in [3.8, 4) is 0 Å². The first kappa shape index (κ1) is 12.2. The van der Waals surface area contributed by atoms with Crippen LogP contribution in [-0.2, 0) is 6.42 Å². The van der Waals surface area contributed by atoms with Crippen LogP contribution in [0.2, 0.25) is 0 Å². The zero-order chi connectivity index (χ0) is 12.5. The van der Waals surface area contributed by atoms with Gasteiger partial charge in [-0.05, 0) is 17.7 Å². The monoisotopic (exact) mass is 233 g/mol. The van der Waals surface area contributed by atoms with Crippen molar-refractivity contribution in [2.24, 2.45) is 5.73 Å². The quantitative estimate of drug-likeness (QED) is 0.666. The second kappa shape index (κ2) is 3.92. The normalized spacial score (nSPS) is 11.4. The van der Waals surface area contributed by atoms with E-state index < -0.39 is 18.5 Å². The van der Waals surface area contributed by atoms with Crippen LogP contribution in [-0.4, -0.2) is 12.1 Å². The second-order valence-electron chi connectivity index (χ2n) is 3.29. The number of halogens is 3. The zero-order valence-electron chi connectivity index (χ0n) is 8.14. The molecule has 0 atom stereocenters. The number of amides is 1. The van der Waals surface area contributed by atoms with E-state index in [-0.39, 0.29) is 22.5 Å². The first-order chi connectivity index (χ1) is 7.20. The summed E-state index contributed by atoms with van der Waals surface area (Å²) in [5.41, 5.74) is 15.2. The second-order valence-corrected chi connectivity index (χ2v) is 3.29. The molecule has 1 rings (SSSR count). The number of carbonyl (C=O) groups is 1. The molecule has 0 aromatic heterocycles. The van der Waals surface area contributed by atoms with Crippen molar-refractivity contribution in [2.75, 3.05) is 11.5 Å². The number of nitrogens with two attached hydrogens (primary N) is 3. The fraction of sp³-hybridized carbons (Fsp3) is 0.222. The molecule has 0 aliphatic rings. The standard InChI is InChI=1S/C9H10F3N3O/c10-9(11,12)3-4-1-6(13)7(14)2-5(4)8(15)16/h1-2H,3,13-14H2,(H2,15,16). The van der Waals surface area contributed by atoms with Gasteiger partial charge in [0.2, 0.25) is 5.91 Å². The summed E-state index contributed by atoms with van der Waals surface area (Å²) in [6.45, 7) is 0. The van der Waals surface area contributed by atoms with Crippen LogP contribution in [0.1, 0.15) is 15.9 Å². The summed E-state index contributed by atoms with van der Waals surface area (Å²) in [6, 6.07) is 2.07. The molecule has 6 N–H and O–H groups in total. The number of rotatable bonds is 2. The molecule has 16 heavy (non-hydrogen) atoms. The average molecular weight is 233 g/mol. The Bertz CT molecular complexity index is 429. The van der Waals surface area contributed by atoms with Crippen LogP contribution in [0.5, 0.6) is 0 Å². The van der Waals surface area contributed by atoms with Crippen molar-refractivity contribution < 1.29 is 18.0 Å². The SMILES string of the molecule is NC(=O)c1cc(N)c(N)cc1CC(F)(F)F. The summed E-state index contributed by atoms with van der Waals surface area (Å²) in [7, 11) is 0. The minimum atomic E-state index is -4.44. The molecular formula is C9H10F3N3O. The van der Waals surface area contributed by atoms with Crippen LogP contribution in [0.4, 0.5) is 24.5 Å². The third-order valence-corrected chi connectivity index (χ3v) is 1.97. The molecule has 0 radical (unpaired) electrons. The highest BCUT2D eigenvalue weighted by atomic mass is 19.4. The van der Waals surface area contributed by atoms with Crippen LogP contribution in [0, 0.1) is 0 Å². The molecule has 0 heterocycles. The fourth-order valence-corrected chi connectivity index (χ4v) is 1.27. The summed E-state index contributed by atoms with van der Waals surface area (Å²) in [4.78, 5) is 10.9. The van der Waals surface area contributed by atoms with E-state index in [2.05, 4.69) is 0 Å². The van der Waals surface area contributed by atoms with Gasteiger partial charge in [0.1, 0.15) is 0 Å². The first-order valence-corrected chi connectivity index (χ1v) is 4.25. The van der Waals surface area contributed by atoms with E-state index in [1.54, 1.807) is 0 Å². The molecule has 88 valence electrons. The van der Waals surface area contributed by atoms with Gasteiger partial charge >= 0.3 is 6.18 Å². The number of nitrogen functional groups attached to an aromatic ring is 2. The maximum absolute atomic E-state index is 12.2. The van der Waals surface area contributed by atoms with E-state index in [4.69, 9.17) is 17.2 Å². The molecule has 0 fully saturated rings. The van der Waals surface area contributed by atoms with E-state index in [1.165, 1.54) is 0 Å². The molecule has 1 amide bonds. The predicted octanol–water partition coefficient (Wildman–Crippen LogP) is 1.05. The summed E-state index contributed by atoms with van der Waals surface area (Å²) >= 11 is 0. The van der Waals surface area contributed by atoms with Gasteiger partial charge in [0.05, 0.1) is 17.8 Å². The molecule has 7 heteroatoms. The Labute approximate surface area is 89.2 Å². The highest BCUT2D eigenvalue weighted by Crippen LogP contribution is 2.27. The molecule has 1 aromatic carbocycles. The van der Waals surface area contributed by atoms with E-state index in [1.807, 2.05) is 0 Å². The minimum absolute atomic E-state index is 0.00995. The summed E-state index contributed by atoms with van der Waals surface area (Å²) in [5, 5.41) is 0. The van der Waals surface area contributed by atoms with Crippen LogP contribution in [0.3, 0.4) is 0 Å². The number of hydrogen-bond acceptors (Lipinski definition) is 3. The van der Waals surface area contributed by atoms with Crippen molar-refractivity contribution >= 4 is 17.3 Å². The van der Waals surface area contributed by atoms with Crippen molar-refractivity contribution in [1.29, 1.82) is 0 Å². The van der Waals surface area contributed by atoms with Gasteiger partial charge in [0.15, 0.2) is 0 Å². The van der Waals surface area contributed by atoms with Gasteiger partial charge in [0, 0.05) is 5.56 Å². The van der Waals surface area contributed by atoms with Crippen molar-refractivity contribution in [2.45, 2.75) is 12.6 Å². The summed E-state index contributed by atoms with van der Waals surface area (Å²) in [5.74, 6) is -0.967. The Morgan fingerprint density at radius 2 is 1.69 bits per heavy atom. The molecule has 0 spiro atoms. The molecule has 4 nitrogen and oxygen atoms in total. The van der Waals surface area contributed by atoms with Gasteiger partial charge in [-0.15, -0.1) is 0 Å². The molecule has 0 saturated carbocycles. The van der Waals surface area contributed by atoms with Crippen molar-refractivity contribution in [3.63, 3.8) is 0 Å². The lowest BCUT2D eigenvalue weighted by Gasteiger charge is -2.12. The smallest absolute Gasteiger partial charge is 0.393 e. The maximum atomic E-state index is 12.2. The lowest BCUT2D eigenvalue weighted by Crippen LogP contribution is -2.19. The van der Waals surface area contributed by atoms with E-state index in [0.29, 0.717) is 0 Å². The number of carbonyl (C=O) groups excluding carboxylic acids is 1. The number of hydrogen-bond donors (Lipinski definition) is 3. The van der Waals surface area contributed by atoms with Gasteiger partial charge < -0.3 is 17.2 Å². The van der Waals surface area contributed by atoms with Gasteiger partial charge in [-0.2, -0.15) is 13.2 Å². The molecule has 0 aliphatic carbocycles. The van der Waals surface area contributed by atoms with E-state index in [9.17, 15) is 18.0 Å². The highest BCUT2D eigenvalue weighted by molar-refractivity contribution is 5.96. The largest absolute Gasteiger partial charge is 0.397 e.